The number of nitrogens with zero attached hydrogens (tertiary/aromatic N) is 2. The molecule has 0 radical (unpaired) electrons. The number of allylic oxidation sites excluding steroid dienone is 4. The molecule has 0 aromatic heterocycles. The van der Waals surface area contributed by atoms with Gasteiger partial charge in [-0.15, -0.1) is 0 Å². The number of unbranched alkanes of at least 4 members (excludes halogenated alkanes) is 12. The molecular formula is C45H66N2Ni+. The molecule has 2 rings (SSSR count). The molecule has 2 aromatic rings. The van der Waals surface area contributed by atoms with Crippen LogP contribution in [-0.2, 0) is 28.5 Å². The first-order valence-electron chi connectivity index (χ1n) is 19.5. The fourth-order valence-electron chi connectivity index (χ4n) is 5.85. The zero-order chi connectivity index (χ0) is 34.5. The van der Waals surface area contributed by atoms with E-state index in [1.54, 1.807) is 0 Å². The van der Waals surface area contributed by atoms with Crippen molar-refractivity contribution in [3.05, 3.63) is 84.0 Å². The maximum atomic E-state index is 5.88. The van der Waals surface area contributed by atoms with Gasteiger partial charge in [0.2, 0.25) is 0 Å². The van der Waals surface area contributed by atoms with Crippen LogP contribution in [0.4, 0.5) is 11.4 Å². The van der Waals surface area contributed by atoms with Crippen molar-refractivity contribution in [1.82, 2.24) is 0 Å². The quantitative estimate of drug-likeness (QED) is 0.0323. The Labute approximate surface area is 304 Å². The zero-order valence-corrected chi connectivity index (χ0v) is 32.0. The standard InChI is InChI=1S/C45H66N2.Ni/c1-5-9-13-16-17-18-19-20-21-24-27-39-45(47-43-38-31-29-35-41(43)33-26-23-15-11-7-3)44(36-12-8-4)46-42-37-30-28-34-40(42)32-25-22-14-10-6-2;/h10-11,14-15,28-31,34-35,37-38H,5-9,12-13,16-26,32-33,36H2,1-4H3;/q;+1. The van der Waals surface area contributed by atoms with Crippen molar-refractivity contribution in [2.75, 3.05) is 0 Å². The second kappa shape index (κ2) is 28.2. The molecule has 0 heterocycles. The third kappa shape index (κ3) is 17.6. The Morgan fingerprint density at radius 2 is 1.21 bits per heavy atom. The van der Waals surface area contributed by atoms with Gasteiger partial charge in [0, 0.05) is 0 Å². The molecule has 0 bridgehead atoms. The Bertz CT molecular complexity index is 1320. The fraction of sp³-hybridized carbons (Fsp3) is 0.556. The molecule has 0 aliphatic heterocycles. The summed E-state index contributed by atoms with van der Waals surface area (Å²) in [6, 6.07) is 17.3. The van der Waals surface area contributed by atoms with Crippen LogP contribution in [0.25, 0.3) is 0 Å². The van der Waals surface area contributed by atoms with E-state index in [4.69, 9.17) is 20.7 Å². The molecule has 0 aliphatic carbocycles. The Morgan fingerprint density at radius 3 is 1.85 bits per heavy atom. The molecule has 3 heteroatoms. The van der Waals surface area contributed by atoms with E-state index in [0.29, 0.717) is 0 Å². The number of aliphatic imine (C=N–C) groups is 1. The first-order chi connectivity index (χ1) is 23.7. The third-order valence-corrected chi connectivity index (χ3v) is 9.17. The van der Waals surface area contributed by atoms with E-state index < -0.39 is 0 Å². The number of hydrogen-bond acceptors (Lipinski definition) is 1. The minimum atomic E-state index is 0.871. The van der Waals surface area contributed by atoms with Crippen LogP contribution in [0.2, 0.25) is 0 Å². The van der Waals surface area contributed by atoms with Crippen LogP contribution in [0, 0.1) is 11.8 Å². The van der Waals surface area contributed by atoms with Crippen molar-refractivity contribution in [1.29, 1.82) is 0 Å². The third-order valence-electron chi connectivity index (χ3n) is 8.71. The predicted octanol–water partition coefficient (Wildman–Crippen LogP) is 13.7. The number of benzene rings is 2. The van der Waals surface area contributed by atoms with Gasteiger partial charge in [-0.1, -0.05) is 26.7 Å². The molecule has 0 N–H and O–H groups in total. The van der Waals surface area contributed by atoms with Gasteiger partial charge in [-0.05, 0) is 0 Å². The van der Waals surface area contributed by atoms with Crippen molar-refractivity contribution in [3.8, 4) is 11.8 Å². The van der Waals surface area contributed by atoms with E-state index in [1.165, 1.54) is 62.5 Å². The van der Waals surface area contributed by atoms with Crippen molar-refractivity contribution in [2.24, 2.45) is 4.99 Å². The predicted molar refractivity (Wildman–Crippen MR) is 209 cm³/mol. The number of aryl methyl sites for hydroxylation is 2. The fourth-order valence-corrected chi connectivity index (χ4v) is 6.25. The molecule has 0 saturated carbocycles. The first kappa shape index (κ1) is 41.5. The van der Waals surface area contributed by atoms with E-state index >= 15 is 0 Å². The van der Waals surface area contributed by atoms with Gasteiger partial charge in [-0.2, -0.15) is 0 Å². The number of rotatable bonds is 25. The average Bonchev–Trinajstić information content (AvgIpc) is 3.11. The van der Waals surface area contributed by atoms with Crippen molar-refractivity contribution in [2.45, 2.75) is 163 Å². The van der Waals surface area contributed by atoms with E-state index in [-0.39, 0.29) is 0 Å². The van der Waals surface area contributed by atoms with Crippen LogP contribution in [0.1, 0.15) is 161 Å². The maximum absolute atomic E-state index is 5.88. The van der Waals surface area contributed by atoms with E-state index in [9.17, 15) is 0 Å². The van der Waals surface area contributed by atoms with E-state index in [0.717, 1.165) is 106 Å². The molecular weight excluding hydrogens is 627 g/mol. The van der Waals surface area contributed by atoms with Crippen LogP contribution in [-0.4, -0.2) is 15.1 Å². The molecule has 0 fully saturated rings. The summed E-state index contributed by atoms with van der Waals surface area (Å²) in [5.74, 6) is 7.18. The molecule has 265 valence electrons. The van der Waals surface area contributed by atoms with Crippen LogP contribution < -0.4 is 0 Å². The summed E-state index contributed by atoms with van der Waals surface area (Å²) in [6.07, 6.45) is 33.6. The normalized spacial score (nSPS) is 12.5. The zero-order valence-electron chi connectivity index (χ0n) is 31.0. The second-order valence-electron chi connectivity index (χ2n) is 12.9. The minimum absolute atomic E-state index is 0.871. The first-order valence-corrected chi connectivity index (χ1v) is 19.9. The van der Waals surface area contributed by atoms with Gasteiger partial charge in [0.1, 0.15) is 0 Å². The Hall–Kier alpha value is -2.69. The Morgan fingerprint density at radius 1 is 0.646 bits per heavy atom. The van der Waals surface area contributed by atoms with Gasteiger partial charge in [0.15, 0.2) is 0 Å². The monoisotopic (exact) mass is 692 g/mol. The Kier molecular flexibility index (Phi) is 24.4. The van der Waals surface area contributed by atoms with Crippen LogP contribution >= 0.6 is 0 Å². The summed E-state index contributed by atoms with van der Waals surface area (Å²) in [6.45, 7) is 8.92. The molecule has 2 aromatic carbocycles. The molecule has 0 atom stereocenters. The molecule has 2 nitrogen and oxygen atoms in total. The Balaban J connectivity index is 2.42. The summed E-state index contributed by atoms with van der Waals surface area (Å²) >= 11 is 5.88. The molecule has 0 amide bonds. The van der Waals surface area contributed by atoms with Crippen LogP contribution in [0.5, 0.6) is 0 Å². The van der Waals surface area contributed by atoms with Gasteiger partial charge in [-0.3, -0.25) is 0 Å². The van der Waals surface area contributed by atoms with Gasteiger partial charge in [-0.25, -0.2) is 0 Å². The van der Waals surface area contributed by atoms with Crippen molar-refractivity contribution < 1.29 is 19.3 Å². The summed E-state index contributed by atoms with van der Waals surface area (Å²) < 4.78 is 1.98. The van der Waals surface area contributed by atoms with Crippen molar-refractivity contribution in [3.63, 3.8) is 0 Å². The number of hydrogen-bond donors (Lipinski definition) is 0. The van der Waals surface area contributed by atoms with Crippen LogP contribution in [0.3, 0.4) is 0 Å². The van der Waals surface area contributed by atoms with Gasteiger partial charge in [0.05, 0.1) is 0 Å². The van der Waals surface area contributed by atoms with Crippen molar-refractivity contribution >= 4 is 22.8 Å². The van der Waals surface area contributed by atoms with E-state index in [2.05, 4.69) is 112 Å². The summed E-state index contributed by atoms with van der Waals surface area (Å²) in [7, 11) is 0. The SMILES string of the molecule is CCC=CCCCc1ccccc1N=C(CCCC)C(C#CCCCCCCCCCCC)=[N+]([Ni])c1ccccc1CCCC=CCC. The van der Waals surface area contributed by atoms with Gasteiger partial charge < -0.3 is 0 Å². The molecule has 0 saturated heterocycles. The second-order valence-corrected chi connectivity index (χ2v) is 13.4. The molecule has 48 heavy (non-hydrogen) atoms. The van der Waals surface area contributed by atoms with Gasteiger partial charge in [0.25, 0.3) is 0 Å². The van der Waals surface area contributed by atoms with Crippen LogP contribution in [0.15, 0.2) is 77.8 Å². The number of para-hydroxylation sites is 2. The average molecular weight is 694 g/mol. The molecule has 0 unspecified atom stereocenters. The topological polar surface area (TPSA) is 15.4 Å². The molecule has 0 spiro atoms. The summed E-state index contributed by atoms with van der Waals surface area (Å²) in [4.78, 5) is 5.40. The van der Waals surface area contributed by atoms with Gasteiger partial charge >= 0.3 is 279 Å². The van der Waals surface area contributed by atoms with E-state index in [1.807, 2.05) is 3.66 Å². The molecule has 0 aliphatic rings. The summed E-state index contributed by atoms with van der Waals surface area (Å²) in [5.41, 5.74) is 6.68. The summed E-state index contributed by atoms with van der Waals surface area (Å²) in [5, 5.41) is 0.